The van der Waals surface area contributed by atoms with Crippen molar-refractivity contribution in [3.63, 3.8) is 0 Å². The molecule has 1 aliphatic heterocycles. The first-order valence-corrected chi connectivity index (χ1v) is 5.06. The third-order valence-electron chi connectivity index (χ3n) is 2.13. The van der Waals surface area contributed by atoms with Crippen molar-refractivity contribution in [1.29, 1.82) is 0 Å². The molecule has 1 saturated heterocycles. The predicted octanol–water partition coefficient (Wildman–Crippen LogP) is 2.00. The molecule has 0 bridgehead atoms. The van der Waals surface area contributed by atoms with Crippen molar-refractivity contribution in [2.75, 3.05) is 32.8 Å². The Bertz CT molecular complexity index is 255. The van der Waals surface area contributed by atoms with Gasteiger partial charge in [0.15, 0.2) is 0 Å². The van der Waals surface area contributed by atoms with Crippen LogP contribution in [0.25, 0.3) is 0 Å². The molecule has 0 aliphatic carbocycles. The topological polar surface area (TPSA) is 12.5 Å². The zero-order chi connectivity index (χ0) is 10.4. The first kappa shape index (κ1) is 11.3. The van der Waals surface area contributed by atoms with Gasteiger partial charge in [0, 0.05) is 19.6 Å². The van der Waals surface area contributed by atoms with Crippen LogP contribution >= 0.6 is 0 Å². The van der Waals surface area contributed by atoms with E-state index in [9.17, 15) is 0 Å². The van der Waals surface area contributed by atoms with Crippen LogP contribution in [0, 0.1) is 0 Å². The number of rotatable bonds is 3. The van der Waals surface area contributed by atoms with Crippen LogP contribution in [0.4, 0.5) is 0 Å². The molecule has 2 nitrogen and oxygen atoms in total. The van der Waals surface area contributed by atoms with Gasteiger partial charge in [-0.2, -0.15) is 0 Å². The van der Waals surface area contributed by atoms with Crippen molar-refractivity contribution in [3.05, 3.63) is 29.5 Å². The molecule has 1 fully saturated rings. The maximum atomic E-state index is 5.29. The smallest absolute Gasteiger partial charge is 0.0594 e. The lowest BCUT2D eigenvalue weighted by Crippen LogP contribution is -2.37. The zero-order valence-electron chi connectivity index (χ0n) is 9.18. The van der Waals surface area contributed by atoms with Gasteiger partial charge in [0.05, 0.1) is 13.2 Å². The molecule has 0 amide bonds. The molecule has 1 heterocycles. The lowest BCUT2D eigenvalue weighted by Gasteiger charge is -2.26. The van der Waals surface area contributed by atoms with Crippen molar-refractivity contribution in [2.24, 2.45) is 0 Å². The van der Waals surface area contributed by atoms with Crippen LogP contribution in [0.3, 0.4) is 0 Å². The van der Waals surface area contributed by atoms with Crippen molar-refractivity contribution in [3.8, 4) is 0 Å². The van der Waals surface area contributed by atoms with Gasteiger partial charge in [0.25, 0.3) is 0 Å². The third kappa shape index (κ3) is 4.43. The van der Waals surface area contributed by atoms with Gasteiger partial charge < -0.3 is 4.74 Å². The first-order valence-electron chi connectivity index (χ1n) is 5.06. The SMILES string of the molecule is C=C(C)C=C=C(C)CN1CCOCC1. The molecule has 0 saturated carbocycles. The largest absolute Gasteiger partial charge is 0.379 e. The number of morpholine rings is 1. The average Bonchev–Trinajstić information content (AvgIpc) is 2.16. The summed E-state index contributed by atoms with van der Waals surface area (Å²) in [6.07, 6.45) is 1.94. The van der Waals surface area contributed by atoms with Crippen LogP contribution < -0.4 is 0 Å². The Morgan fingerprint density at radius 2 is 2.07 bits per heavy atom. The predicted molar refractivity (Wildman–Crippen MR) is 59.3 cm³/mol. The van der Waals surface area contributed by atoms with E-state index in [1.165, 1.54) is 5.57 Å². The van der Waals surface area contributed by atoms with Crippen molar-refractivity contribution >= 4 is 0 Å². The summed E-state index contributed by atoms with van der Waals surface area (Å²) in [5.74, 6) is 0. The molecule has 14 heavy (non-hydrogen) atoms. The number of nitrogens with zero attached hydrogens (tertiary/aromatic N) is 1. The Kier molecular flexibility index (Phi) is 4.68. The van der Waals surface area contributed by atoms with Gasteiger partial charge in [-0.1, -0.05) is 12.2 Å². The summed E-state index contributed by atoms with van der Waals surface area (Å²) in [6.45, 7) is 12.7. The summed E-state index contributed by atoms with van der Waals surface area (Å²) >= 11 is 0. The molecule has 0 aromatic heterocycles. The van der Waals surface area contributed by atoms with E-state index in [4.69, 9.17) is 4.74 Å². The third-order valence-corrected chi connectivity index (χ3v) is 2.13. The fourth-order valence-corrected chi connectivity index (χ4v) is 1.39. The first-order chi connectivity index (χ1) is 6.68. The van der Waals surface area contributed by atoms with Crippen molar-refractivity contribution in [1.82, 2.24) is 4.90 Å². The van der Waals surface area contributed by atoms with Crippen molar-refractivity contribution in [2.45, 2.75) is 13.8 Å². The number of ether oxygens (including phenoxy) is 1. The summed E-state index contributed by atoms with van der Waals surface area (Å²) in [7, 11) is 0. The molecule has 2 heteroatoms. The Morgan fingerprint density at radius 1 is 1.43 bits per heavy atom. The Balaban J connectivity index is 2.42. The van der Waals surface area contributed by atoms with E-state index in [1.54, 1.807) is 0 Å². The molecule has 1 aliphatic rings. The number of hydrogen-bond acceptors (Lipinski definition) is 2. The van der Waals surface area contributed by atoms with Gasteiger partial charge in [-0.3, -0.25) is 4.90 Å². The van der Waals surface area contributed by atoms with Crippen LogP contribution in [0.15, 0.2) is 29.5 Å². The molecule has 0 atom stereocenters. The van der Waals surface area contributed by atoms with Crippen LogP contribution in [-0.2, 0) is 4.74 Å². The fourth-order valence-electron chi connectivity index (χ4n) is 1.39. The van der Waals surface area contributed by atoms with E-state index >= 15 is 0 Å². The van der Waals surface area contributed by atoms with Crippen LogP contribution in [0.2, 0.25) is 0 Å². The van der Waals surface area contributed by atoms with E-state index in [0.717, 1.165) is 38.4 Å². The lowest BCUT2D eigenvalue weighted by atomic mass is 10.2. The molecule has 0 aromatic carbocycles. The highest BCUT2D eigenvalue weighted by molar-refractivity contribution is 5.14. The van der Waals surface area contributed by atoms with Crippen LogP contribution in [0.5, 0.6) is 0 Å². The fraction of sp³-hybridized carbons (Fsp3) is 0.583. The summed E-state index contributed by atoms with van der Waals surface area (Å²) in [5, 5.41) is 0. The molecule has 0 unspecified atom stereocenters. The van der Waals surface area contributed by atoms with Gasteiger partial charge in [0.2, 0.25) is 0 Å². The number of hydrogen-bond donors (Lipinski definition) is 0. The normalized spacial score (nSPS) is 17.3. The van der Waals surface area contributed by atoms with E-state index in [2.05, 4.69) is 24.1 Å². The summed E-state index contributed by atoms with van der Waals surface area (Å²) in [6, 6.07) is 0. The molecular weight excluding hydrogens is 174 g/mol. The Hall–Kier alpha value is -0.820. The highest BCUT2D eigenvalue weighted by atomic mass is 16.5. The molecule has 0 radical (unpaired) electrons. The second-order valence-corrected chi connectivity index (χ2v) is 3.80. The number of allylic oxidation sites excluding steroid dienone is 1. The molecule has 78 valence electrons. The maximum Gasteiger partial charge on any atom is 0.0594 e. The second kappa shape index (κ2) is 5.82. The summed E-state index contributed by atoms with van der Waals surface area (Å²) in [4.78, 5) is 2.39. The zero-order valence-corrected chi connectivity index (χ0v) is 9.18. The highest BCUT2D eigenvalue weighted by Gasteiger charge is 2.09. The summed E-state index contributed by atoms with van der Waals surface area (Å²) < 4.78 is 5.29. The minimum absolute atomic E-state index is 0.859. The van der Waals surface area contributed by atoms with Crippen LogP contribution in [0.1, 0.15) is 13.8 Å². The van der Waals surface area contributed by atoms with Gasteiger partial charge in [0.1, 0.15) is 0 Å². The maximum absolute atomic E-state index is 5.29. The van der Waals surface area contributed by atoms with Crippen LogP contribution in [-0.4, -0.2) is 37.7 Å². The Labute approximate surface area is 86.6 Å². The Morgan fingerprint density at radius 3 is 2.64 bits per heavy atom. The summed E-state index contributed by atoms with van der Waals surface area (Å²) in [5.41, 5.74) is 5.55. The molecule has 1 rings (SSSR count). The standard InChI is InChI=1S/C12H19NO/c1-11(2)4-5-12(3)10-13-6-8-14-9-7-13/h4H,1,6-10H2,2-3H3. The van der Waals surface area contributed by atoms with E-state index in [0.29, 0.717) is 0 Å². The quantitative estimate of drug-likeness (QED) is 0.502. The molecular formula is C12H19NO. The minimum atomic E-state index is 0.859. The molecule has 0 N–H and O–H groups in total. The second-order valence-electron chi connectivity index (χ2n) is 3.80. The van der Waals surface area contributed by atoms with Gasteiger partial charge in [-0.05, 0) is 25.5 Å². The molecule has 0 aromatic rings. The van der Waals surface area contributed by atoms with E-state index in [1.807, 2.05) is 13.0 Å². The van der Waals surface area contributed by atoms with Gasteiger partial charge >= 0.3 is 0 Å². The highest BCUT2D eigenvalue weighted by Crippen LogP contribution is 2.01. The minimum Gasteiger partial charge on any atom is -0.379 e. The lowest BCUT2D eigenvalue weighted by molar-refractivity contribution is 0.0423. The van der Waals surface area contributed by atoms with E-state index < -0.39 is 0 Å². The van der Waals surface area contributed by atoms with Gasteiger partial charge in [-0.15, -0.1) is 5.73 Å². The monoisotopic (exact) mass is 193 g/mol. The average molecular weight is 193 g/mol. The van der Waals surface area contributed by atoms with Gasteiger partial charge in [-0.25, -0.2) is 0 Å². The van der Waals surface area contributed by atoms with Crippen molar-refractivity contribution < 1.29 is 4.74 Å². The van der Waals surface area contributed by atoms with E-state index in [-0.39, 0.29) is 0 Å². The molecule has 0 spiro atoms.